The van der Waals surface area contributed by atoms with Crippen LogP contribution in [0.25, 0.3) is 22.3 Å². The molecule has 0 radical (unpaired) electrons. The first-order chi connectivity index (χ1) is 16.9. The van der Waals surface area contributed by atoms with Gasteiger partial charge in [-0.25, -0.2) is 4.79 Å². The molecular weight excluding hydrogens is 450 g/mol. The number of rotatable bonds is 8. The molecule has 1 aromatic heterocycles. The molecule has 1 heterocycles. The molecule has 178 valence electrons. The van der Waals surface area contributed by atoms with Crippen LogP contribution in [0.4, 0.5) is 0 Å². The summed E-state index contributed by atoms with van der Waals surface area (Å²) in [5, 5.41) is 13.0. The van der Waals surface area contributed by atoms with Gasteiger partial charge in [-0.05, 0) is 5.56 Å². The van der Waals surface area contributed by atoms with Crippen LogP contribution in [0.5, 0.6) is 11.5 Å². The highest BCUT2D eigenvalue weighted by atomic mass is 16.5. The SMILES string of the molecule is COC(=O)[C@@H](Cc1ccccc1)NC(=O)COc1cc(O)c2c(=O)cc(-c3ccccc3)oc2c1. The molecule has 0 saturated heterocycles. The first kappa shape index (κ1) is 23.6. The quantitative estimate of drug-likeness (QED) is 0.377. The van der Waals surface area contributed by atoms with Gasteiger partial charge in [0, 0.05) is 30.2 Å². The van der Waals surface area contributed by atoms with Crippen molar-refractivity contribution in [2.75, 3.05) is 13.7 Å². The largest absolute Gasteiger partial charge is 0.507 e. The van der Waals surface area contributed by atoms with E-state index in [4.69, 9.17) is 13.9 Å². The summed E-state index contributed by atoms with van der Waals surface area (Å²) in [4.78, 5) is 37.2. The third-order valence-electron chi connectivity index (χ3n) is 5.32. The van der Waals surface area contributed by atoms with Gasteiger partial charge in [0.25, 0.3) is 5.91 Å². The lowest BCUT2D eigenvalue weighted by atomic mass is 10.1. The van der Waals surface area contributed by atoms with Crippen LogP contribution in [0.15, 0.2) is 88.1 Å². The topological polar surface area (TPSA) is 115 Å². The number of carbonyl (C=O) groups excluding carboxylic acids is 2. The molecule has 0 unspecified atom stereocenters. The molecule has 3 aromatic carbocycles. The Kier molecular flexibility index (Phi) is 7.11. The number of phenols is 1. The fraction of sp³-hybridized carbons (Fsp3) is 0.148. The number of phenolic OH excluding ortho intramolecular Hbond substituents is 1. The van der Waals surface area contributed by atoms with Crippen LogP contribution >= 0.6 is 0 Å². The van der Waals surface area contributed by atoms with E-state index in [9.17, 15) is 19.5 Å². The number of esters is 1. The average molecular weight is 473 g/mol. The highest BCUT2D eigenvalue weighted by Crippen LogP contribution is 2.31. The van der Waals surface area contributed by atoms with Gasteiger partial charge in [0.05, 0.1) is 7.11 Å². The third kappa shape index (κ3) is 5.67. The number of carbonyl (C=O) groups is 2. The van der Waals surface area contributed by atoms with Crippen molar-refractivity contribution in [2.24, 2.45) is 0 Å². The maximum atomic E-state index is 12.6. The van der Waals surface area contributed by atoms with Crippen molar-refractivity contribution >= 4 is 22.8 Å². The highest BCUT2D eigenvalue weighted by Gasteiger charge is 2.22. The van der Waals surface area contributed by atoms with Crippen molar-refractivity contribution in [2.45, 2.75) is 12.5 Å². The fourth-order valence-electron chi connectivity index (χ4n) is 3.64. The third-order valence-corrected chi connectivity index (χ3v) is 5.32. The van der Waals surface area contributed by atoms with Gasteiger partial charge in [-0.2, -0.15) is 0 Å². The van der Waals surface area contributed by atoms with E-state index >= 15 is 0 Å². The molecule has 0 saturated carbocycles. The van der Waals surface area contributed by atoms with Crippen molar-refractivity contribution in [3.05, 3.63) is 94.6 Å². The Morgan fingerprint density at radius 1 is 1.00 bits per heavy atom. The molecule has 0 fully saturated rings. The van der Waals surface area contributed by atoms with E-state index in [2.05, 4.69) is 5.32 Å². The molecule has 0 bridgehead atoms. The Morgan fingerprint density at radius 3 is 2.37 bits per heavy atom. The number of hydrogen-bond acceptors (Lipinski definition) is 7. The molecule has 0 aliphatic carbocycles. The van der Waals surface area contributed by atoms with Gasteiger partial charge in [0.1, 0.15) is 34.3 Å². The van der Waals surface area contributed by atoms with Crippen LogP contribution in [0.3, 0.4) is 0 Å². The van der Waals surface area contributed by atoms with Gasteiger partial charge in [-0.3, -0.25) is 9.59 Å². The zero-order valence-corrected chi connectivity index (χ0v) is 18.9. The van der Waals surface area contributed by atoms with Crippen molar-refractivity contribution < 1.29 is 28.6 Å². The zero-order valence-electron chi connectivity index (χ0n) is 18.9. The number of fused-ring (bicyclic) bond motifs is 1. The van der Waals surface area contributed by atoms with Crippen LogP contribution in [0, 0.1) is 0 Å². The second kappa shape index (κ2) is 10.6. The van der Waals surface area contributed by atoms with Gasteiger partial charge in [0.2, 0.25) is 0 Å². The highest BCUT2D eigenvalue weighted by molar-refractivity contribution is 5.87. The van der Waals surface area contributed by atoms with Gasteiger partial charge >= 0.3 is 5.97 Å². The Labute approximate surface area is 200 Å². The molecule has 8 heteroatoms. The first-order valence-electron chi connectivity index (χ1n) is 10.8. The van der Waals surface area contributed by atoms with E-state index in [-0.39, 0.29) is 28.9 Å². The van der Waals surface area contributed by atoms with E-state index in [0.29, 0.717) is 11.3 Å². The standard InChI is InChI=1S/C27H23NO7/c1-33-27(32)20(12-17-8-4-2-5-9-17)28-25(31)16-34-19-13-21(29)26-22(30)15-23(35-24(26)14-19)18-10-6-3-7-11-18/h2-11,13-15,20,29H,12,16H2,1H3,(H,28,31)/t20-/m1/s1. The Bertz CT molecular complexity index is 1400. The van der Waals surface area contributed by atoms with E-state index in [1.54, 1.807) is 12.1 Å². The van der Waals surface area contributed by atoms with E-state index < -0.39 is 30.0 Å². The first-order valence-corrected chi connectivity index (χ1v) is 10.8. The minimum Gasteiger partial charge on any atom is -0.507 e. The smallest absolute Gasteiger partial charge is 0.328 e. The summed E-state index contributed by atoms with van der Waals surface area (Å²) < 4.78 is 16.2. The molecule has 1 amide bonds. The fourth-order valence-corrected chi connectivity index (χ4v) is 3.64. The number of nitrogens with one attached hydrogen (secondary N) is 1. The average Bonchev–Trinajstić information content (AvgIpc) is 2.87. The van der Waals surface area contributed by atoms with Gasteiger partial charge in [0.15, 0.2) is 12.0 Å². The van der Waals surface area contributed by atoms with E-state index in [1.165, 1.54) is 25.3 Å². The van der Waals surface area contributed by atoms with Crippen molar-refractivity contribution in [3.63, 3.8) is 0 Å². The Balaban J connectivity index is 1.50. The zero-order chi connectivity index (χ0) is 24.8. The van der Waals surface area contributed by atoms with Crippen LogP contribution in [0.1, 0.15) is 5.56 Å². The summed E-state index contributed by atoms with van der Waals surface area (Å²) >= 11 is 0. The van der Waals surface area contributed by atoms with Crippen LogP contribution in [-0.2, 0) is 20.7 Å². The molecule has 2 N–H and O–H groups in total. The van der Waals surface area contributed by atoms with Crippen LogP contribution in [0.2, 0.25) is 0 Å². The van der Waals surface area contributed by atoms with Crippen molar-refractivity contribution in [3.8, 4) is 22.8 Å². The summed E-state index contributed by atoms with van der Waals surface area (Å²) in [6, 6.07) is 21.3. The normalized spacial score (nSPS) is 11.6. The Hall–Kier alpha value is -4.59. The Morgan fingerprint density at radius 2 is 1.69 bits per heavy atom. The number of ether oxygens (including phenoxy) is 2. The van der Waals surface area contributed by atoms with Crippen LogP contribution < -0.4 is 15.5 Å². The molecule has 0 aliphatic heterocycles. The second-order valence-electron chi connectivity index (χ2n) is 7.78. The molecule has 0 aliphatic rings. The summed E-state index contributed by atoms with van der Waals surface area (Å²) in [6.45, 7) is -0.435. The lowest BCUT2D eigenvalue weighted by molar-refractivity contribution is -0.145. The van der Waals surface area contributed by atoms with E-state index in [0.717, 1.165) is 5.56 Å². The van der Waals surface area contributed by atoms with Gasteiger partial charge < -0.3 is 24.3 Å². The van der Waals surface area contributed by atoms with Crippen molar-refractivity contribution in [1.29, 1.82) is 0 Å². The molecule has 8 nitrogen and oxygen atoms in total. The maximum Gasteiger partial charge on any atom is 0.328 e. The lowest BCUT2D eigenvalue weighted by Gasteiger charge is -2.17. The number of amides is 1. The molecule has 35 heavy (non-hydrogen) atoms. The molecule has 4 rings (SSSR count). The number of aromatic hydroxyl groups is 1. The van der Waals surface area contributed by atoms with Gasteiger partial charge in [-0.15, -0.1) is 0 Å². The molecule has 4 aromatic rings. The van der Waals surface area contributed by atoms with Gasteiger partial charge in [-0.1, -0.05) is 60.7 Å². The summed E-state index contributed by atoms with van der Waals surface area (Å²) in [6.07, 6.45) is 0.253. The lowest BCUT2D eigenvalue weighted by Crippen LogP contribution is -2.44. The molecular formula is C27H23NO7. The number of methoxy groups -OCH3 is 1. The van der Waals surface area contributed by atoms with Crippen LogP contribution in [-0.4, -0.2) is 36.7 Å². The summed E-state index contributed by atoms with van der Waals surface area (Å²) in [7, 11) is 1.25. The summed E-state index contributed by atoms with van der Waals surface area (Å²) in [5.41, 5.74) is 1.26. The minimum absolute atomic E-state index is 0.00935. The van der Waals surface area contributed by atoms with Crippen molar-refractivity contribution in [1.82, 2.24) is 5.32 Å². The van der Waals surface area contributed by atoms with E-state index in [1.807, 2.05) is 48.5 Å². The molecule has 0 spiro atoms. The number of hydrogen-bond donors (Lipinski definition) is 2. The predicted molar refractivity (Wildman–Crippen MR) is 129 cm³/mol. The number of benzene rings is 3. The predicted octanol–water partition coefficient (Wildman–Crippen LogP) is 3.44. The monoisotopic (exact) mass is 473 g/mol. The molecule has 1 atom stereocenters. The summed E-state index contributed by atoms with van der Waals surface area (Å²) in [5.74, 6) is -1.02. The maximum absolute atomic E-state index is 12.6. The minimum atomic E-state index is -0.894. The second-order valence-corrected chi connectivity index (χ2v) is 7.78.